The molecular formula is C15H23NO3. The molecule has 1 aromatic carbocycles. The Balaban J connectivity index is 3.01. The minimum atomic E-state index is -0.336. The second-order valence-corrected chi connectivity index (χ2v) is 4.78. The first-order valence-corrected chi connectivity index (χ1v) is 6.84. The number of unbranched alkanes of at least 4 members (excludes halogenated alkanes) is 1. The molecule has 0 saturated heterocycles. The maximum Gasteiger partial charge on any atom is 0.257 e. The lowest BCUT2D eigenvalue weighted by atomic mass is 10.1. The predicted molar refractivity (Wildman–Crippen MR) is 75.5 cm³/mol. The lowest BCUT2D eigenvalue weighted by Crippen LogP contribution is -2.39. The average molecular weight is 265 g/mol. The van der Waals surface area contributed by atoms with Crippen molar-refractivity contribution in [2.45, 2.75) is 46.1 Å². The van der Waals surface area contributed by atoms with Crippen molar-refractivity contribution in [1.82, 2.24) is 4.90 Å². The number of phenolic OH excluding ortho intramolecular Hbond substituents is 2. The van der Waals surface area contributed by atoms with Gasteiger partial charge in [0.2, 0.25) is 0 Å². The molecule has 19 heavy (non-hydrogen) atoms. The van der Waals surface area contributed by atoms with E-state index in [0.717, 1.165) is 19.3 Å². The Kier molecular flexibility index (Phi) is 5.67. The third-order valence-corrected chi connectivity index (χ3v) is 3.38. The molecular weight excluding hydrogens is 242 g/mol. The van der Waals surface area contributed by atoms with Gasteiger partial charge in [-0.1, -0.05) is 26.3 Å². The van der Waals surface area contributed by atoms with Crippen molar-refractivity contribution >= 4 is 5.91 Å². The summed E-state index contributed by atoms with van der Waals surface area (Å²) in [5.41, 5.74) is 0.163. The molecule has 0 aliphatic heterocycles. The molecule has 0 radical (unpaired) electrons. The highest BCUT2D eigenvalue weighted by Crippen LogP contribution is 2.29. The molecule has 4 nitrogen and oxygen atoms in total. The number of para-hydroxylation sites is 1. The highest BCUT2D eigenvalue weighted by molar-refractivity contribution is 5.97. The van der Waals surface area contributed by atoms with Crippen LogP contribution in [0, 0.1) is 0 Å². The second kappa shape index (κ2) is 7.02. The van der Waals surface area contributed by atoms with Gasteiger partial charge in [-0.2, -0.15) is 0 Å². The van der Waals surface area contributed by atoms with Gasteiger partial charge in [-0.3, -0.25) is 4.79 Å². The maximum atomic E-state index is 12.5. The van der Waals surface area contributed by atoms with E-state index < -0.39 is 0 Å². The summed E-state index contributed by atoms with van der Waals surface area (Å²) < 4.78 is 0. The maximum absolute atomic E-state index is 12.5. The quantitative estimate of drug-likeness (QED) is 0.777. The van der Waals surface area contributed by atoms with Gasteiger partial charge in [0.25, 0.3) is 5.91 Å². The summed E-state index contributed by atoms with van der Waals surface area (Å²) in [6, 6.07) is 4.59. The van der Waals surface area contributed by atoms with Crippen molar-refractivity contribution < 1.29 is 15.0 Å². The van der Waals surface area contributed by atoms with Crippen LogP contribution in [-0.4, -0.2) is 33.6 Å². The topological polar surface area (TPSA) is 60.8 Å². The van der Waals surface area contributed by atoms with Crippen molar-refractivity contribution in [3.63, 3.8) is 0 Å². The molecule has 0 bridgehead atoms. The molecule has 0 spiro atoms. The van der Waals surface area contributed by atoms with Gasteiger partial charge in [-0.15, -0.1) is 0 Å². The summed E-state index contributed by atoms with van der Waals surface area (Å²) in [6.07, 6.45) is 2.79. The Labute approximate surface area is 114 Å². The predicted octanol–water partition coefficient (Wildman–Crippen LogP) is 3.14. The van der Waals surface area contributed by atoms with Crippen LogP contribution in [0.2, 0.25) is 0 Å². The molecule has 1 aromatic rings. The SMILES string of the molecule is CCCCN(C(=O)c1cccc(O)c1O)C(C)CC. The van der Waals surface area contributed by atoms with Crippen LogP contribution in [0.25, 0.3) is 0 Å². The van der Waals surface area contributed by atoms with E-state index in [2.05, 4.69) is 6.92 Å². The monoisotopic (exact) mass is 265 g/mol. The van der Waals surface area contributed by atoms with Gasteiger partial charge < -0.3 is 15.1 Å². The van der Waals surface area contributed by atoms with Crippen molar-refractivity contribution in [2.24, 2.45) is 0 Å². The van der Waals surface area contributed by atoms with E-state index in [1.54, 1.807) is 17.0 Å². The fraction of sp³-hybridized carbons (Fsp3) is 0.533. The molecule has 0 fully saturated rings. The van der Waals surface area contributed by atoms with E-state index in [-0.39, 0.29) is 29.0 Å². The van der Waals surface area contributed by atoms with E-state index in [9.17, 15) is 15.0 Å². The van der Waals surface area contributed by atoms with Crippen LogP contribution in [0.4, 0.5) is 0 Å². The van der Waals surface area contributed by atoms with Crippen molar-refractivity contribution in [1.29, 1.82) is 0 Å². The van der Waals surface area contributed by atoms with Crippen LogP contribution in [0.5, 0.6) is 11.5 Å². The minimum absolute atomic E-state index is 0.112. The van der Waals surface area contributed by atoms with E-state index in [1.165, 1.54) is 6.07 Å². The van der Waals surface area contributed by atoms with Gasteiger partial charge in [0.15, 0.2) is 11.5 Å². The Morgan fingerprint density at radius 1 is 1.32 bits per heavy atom. The molecule has 0 aliphatic rings. The smallest absolute Gasteiger partial charge is 0.257 e. The summed E-state index contributed by atoms with van der Waals surface area (Å²) in [6.45, 7) is 6.76. The first-order chi connectivity index (χ1) is 9.02. The summed E-state index contributed by atoms with van der Waals surface area (Å²) in [4.78, 5) is 14.2. The third kappa shape index (κ3) is 3.63. The fourth-order valence-corrected chi connectivity index (χ4v) is 1.93. The lowest BCUT2D eigenvalue weighted by molar-refractivity contribution is 0.0681. The first kappa shape index (κ1) is 15.3. The van der Waals surface area contributed by atoms with Gasteiger partial charge in [0.1, 0.15) is 0 Å². The largest absolute Gasteiger partial charge is 0.504 e. The van der Waals surface area contributed by atoms with E-state index in [1.807, 2.05) is 13.8 Å². The van der Waals surface area contributed by atoms with Gasteiger partial charge in [0.05, 0.1) is 5.56 Å². The number of rotatable bonds is 6. The fourth-order valence-electron chi connectivity index (χ4n) is 1.93. The van der Waals surface area contributed by atoms with Crippen LogP contribution in [0.15, 0.2) is 18.2 Å². The molecule has 0 heterocycles. The second-order valence-electron chi connectivity index (χ2n) is 4.78. The van der Waals surface area contributed by atoms with E-state index in [4.69, 9.17) is 0 Å². The third-order valence-electron chi connectivity index (χ3n) is 3.38. The van der Waals surface area contributed by atoms with Crippen molar-refractivity contribution in [3.8, 4) is 11.5 Å². The normalized spacial score (nSPS) is 12.2. The Hall–Kier alpha value is -1.71. The number of amides is 1. The molecule has 1 amide bonds. The van der Waals surface area contributed by atoms with Crippen LogP contribution >= 0.6 is 0 Å². The zero-order chi connectivity index (χ0) is 14.4. The number of carbonyl (C=O) groups is 1. The number of aromatic hydroxyl groups is 2. The highest BCUT2D eigenvalue weighted by Gasteiger charge is 2.23. The van der Waals surface area contributed by atoms with E-state index in [0.29, 0.717) is 6.54 Å². The van der Waals surface area contributed by atoms with Crippen LogP contribution < -0.4 is 0 Å². The first-order valence-electron chi connectivity index (χ1n) is 6.84. The average Bonchev–Trinajstić information content (AvgIpc) is 2.41. The van der Waals surface area contributed by atoms with Gasteiger partial charge in [-0.25, -0.2) is 0 Å². The van der Waals surface area contributed by atoms with Crippen molar-refractivity contribution in [2.75, 3.05) is 6.54 Å². The zero-order valence-electron chi connectivity index (χ0n) is 11.9. The summed E-state index contributed by atoms with van der Waals surface area (Å²) in [5.74, 6) is -0.820. The van der Waals surface area contributed by atoms with E-state index >= 15 is 0 Å². The molecule has 0 saturated carbocycles. The van der Waals surface area contributed by atoms with Crippen molar-refractivity contribution in [3.05, 3.63) is 23.8 Å². The van der Waals surface area contributed by atoms with Crippen LogP contribution in [-0.2, 0) is 0 Å². The molecule has 0 aliphatic carbocycles. The molecule has 2 N–H and O–H groups in total. The number of nitrogens with zero attached hydrogens (tertiary/aromatic N) is 1. The highest BCUT2D eigenvalue weighted by atomic mass is 16.3. The minimum Gasteiger partial charge on any atom is -0.504 e. The number of benzene rings is 1. The summed E-state index contributed by atoms with van der Waals surface area (Å²) in [7, 11) is 0. The lowest BCUT2D eigenvalue weighted by Gasteiger charge is -2.29. The van der Waals surface area contributed by atoms with Crippen LogP contribution in [0.3, 0.4) is 0 Å². The molecule has 106 valence electrons. The number of carbonyl (C=O) groups excluding carboxylic acids is 1. The molecule has 0 aromatic heterocycles. The van der Waals surface area contributed by atoms with Gasteiger partial charge in [-0.05, 0) is 31.9 Å². The zero-order valence-corrected chi connectivity index (χ0v) is 11.9. The molecule has 1 unspecified atom stereocenters. The van der Waals surface area contributed by atoms with Gasteiger partial charge >= 0.3 is 0 Å². The molecule has 1 rings (SSSR count). The van der Waals surface area contributed by atoms with Crippen LogP contribution in [0.1, 0.15) is 50.4 Å². The number of hydrogen-bond donors (Lipinski definition) is 2. The number of hydrogen-bond acceptors (Lipinski definition) is 3. The summed E-state index contributed by atoms with van der Waals surface area (Å²) >= 11 is 0. The Bertz CT molecular complexity index is 431. The molecule has 4 heteroatoms. The Morgan fingerprint density at radius 2 is 2.00 bits per heavy atom. The standard InChI is InChI=1S/C15H23NO3/c1-4-6-10-16(11(3)5-2)15(19)12-8-7-9-13(17)14(12)18/h7-9,11,17-18H,4-6,10H2,1-3H3. The van der Waals surface area contributed by atoms with Gasteiger partial charge in [0, 0.05) is 12.6 Å². The summed E-state index contributed by atoms with van der Waals surface area (Å²) in [5, 5.41) is 19.3. The Morgan fingerprint density at radius 3 is 2.58 bits per heavy atom. The molecule has 1 atom stereocenters. The number of phenols is 2.